The molecule has 1 N–H and O–H groups in total. The van der Waals surface area contributed by atoms with Crippen molar-refractivity contribution in [2.45, 2.75) is 17.4 Å². The Hall–Kier alpha value is -1.99. The summed E-state index contributed by atoms with van der Waals surface area (Å²) in [7, 11) is -3.65. The fraction of sp³-hybridized carbons (Fsp3) is 0.267. The lowest BCUT2D eigenvalue weighted by atomic mass is 10.2. The van der Waals surface area contributed by atoms with Crippen molar-refractivity contribution < 1.29 is 12.8 Å². The zero-order chi connectivity index (χ0) is 15.6. The van der Waals surface area contributed by atoms with Gasteiger partial charge < -0.3 is 5.32 Å². The van der Waals surface area contributed by atoms with Crippen LogP contribution in [0.15, 0.2) is 53.7 Å². The number of benzene rings is 1. The average molecular weight is 321 g/mol. The van der Waals surface area contributed by atoms with Crippen LogP contribution in [0.2, 0.25) is 0 Å². The maximum absolute atomic E-state index is 13.2. The first kappa shape index (κ1) is 14.9. The van der Waals surface area contributed by atoms with E-state index in [9.17, 15) is 12.8 Å². The van der Waals surface area contributed by atoms with Gasteiger partial charge in [0.1, 0.15) is 5.82 Å². The smallest absolute Gasteiger partial charge is 0.243 e. The Balaban J connectivity index is 1.72. The number of nitrogens with one attached hydrogen (secondary N) is 1. The normalized spacial score (nSPS) is 19.2. The van der Waals surface area contributed by atoms with E-state index in [1.165, 1.54) is 22.5 Å². The van der Waals surface area contributed by atoms with E-state index in [1.54, 1.807) is 12.4 Å². The number of anilines is 1. The number of halogens is 1. The van der Waals surface area contributed by atoms with E-state index in [0.717, 1.165) is 11.8 Å². The zero-order valence-electron chi connectivity index (χ0n) is 11.8. The van der Waals surface area contributed by atoms with Crippen LogP contribution in [0.1, 0.15) is 6.42 Å². The predicted octanol–water partition coefficient (Wildman–Crippen LogP) is 2.10. The summed E-state index contributed by atoms with van der Waals surface area (Å²) >= 11 is 0. The van der Waals surface area contributed by atoms with Gasteiger partial charge in [0.05, 0.1) is 10.6 Å². The Bertz CT molecular complexity index is 752. The number of pyridine rings is 1. The minimum absolute atomic E-state index is 0.00507. The van der Waals surface area contributed by atoms with Gasteiger partial charge in [-0.05, 0) is 36.8 Å². The minimum atomic E-state index is -3.65. The molecular formula is C15H16FN3O2S. The van der Waals surface area contributed by atoms with Crippen molar-refractivity contribution >= 4 is 15.7 Å². The third-order valence-corrected chi connectivity index (χ3v) is 5.48. The largest absolute Gasteiger partial charge is 0.380 e. The molecule has 1 aromatic heterocycles. The minimum Gasteiger partial charge on any atom is -0.380 e. The molecule has 0 amide bonds. The number of aromatic nitrogens is 1. The molecule has 0 radical (unpaired) electrons. The Labute approximate surface area is 128 Å². The van der Waals surface area contributed by atoms with E-state index < -0.39 is 15.8 Å². The highest BCUT2D eigenvalue weighted by Crippen LogP contribution is 2.23. The molecule has 1 saturated heterocycles. The first-order chi connectivity index (χ1) is 10.6. The van der Waals surface area contributed by atoms with E-state index in [-0.39, 0.29) is 10.9 Å². The molecule has 0 saturated carbocycles. The molecule has 1 atom stereocenters. The second-order valence-corrected chi connectivity index (χ2v) is 7.13. The summed E-state index contributed by atoms with van der Waals surface area (Å²) in [5.74, 6) is -0.551. The molecule has 0 unspecified atom stereocenters. The van der Waals surface area contributed by atoms with Crippen LogP contribution in [0, 0.1) is 5.82 Å². The molecule has 5 nitrogen and oxygen atoms in total. The summed E-state index contributed by atoms with van der Waals surface area (Å²) in [5, 5.41) is 3.26. The molecule has 22 heavy (non-hydrogen) atoms. The van der Waals surface area contributed by atoms with Crippen molar-refractivity contribution in [3.8, 4) is 0 Å². The maximum atomic E-state index is 13.2. The summed E-state index contributed by atoms with van der Waals surface area (Å²) in [6.45, 7) is 0.768. The van der Waals surface area contributed by atoms with Crippen LogP contribution in [0.3, 0.4) is 0 Å². The molecule has 0 aliphatic carbocycles. The highest BCUT2D eigenvalue weighted by Gasteiger charge is 2.32. The van der Waals surface area contributed by atoms with Gasteiger partial charge in [0.15, 0.2) is 0 Å². The molecule has 2 heterocycles. The fourth-order valence-electron chi connectivity index (χ4n) is 2.52. The lowest BCUT2D eigenvalue weighted by Gasteiger charge is -2.17. The first-order valence-corrected chi connectivity index (χ1v) is 8.42. The number of rotatable bonds is 4. The number of hydrogen-bond donors (Lipinski definition) is 1. The molecule has 2 aromatic rings. The van der Waals surface area contributed by atoms with Crippen molar-refractivity contribution in [3.63, 3.8) is 0 Å². The first-order valence-electron chi connectivity index (χ1n) is 6.98. The van der Waals surface area contributed by atoms with Crippen molar-refractivity contribution in [2.75, 3.05) is 18.4 Å². The van der Waals surface area contributed by atoms with Crippen molar-refractivity contribution in [2.24, 2.45) is 0 Å². The van der Waals surface area contributed by atoms with E-state index >= 15 is 0 Å². The number of nitrogens with zero attached hydrogens (tertiary/aromatic N) is 2. The molecule has 1 aliphatic rings. The predicted molar refractivity (Wildman–Crippen MR) is 81.4 cm³/mol. The van der Waals surface area contributed by atoms with Crippen LogP contribution in [0.5, 0.6) is 0 Å². The SMILES string of the molecule is O=S(=O)(c1cccc(F)c1)N1CC[C@@H](Nc2cccnc2)C1. The van der Waals surface area contributed by atoms with Gasteiger partial charge in [0.2, 0.25) is 10.0 Å². The molecule has 1 aliphatic heterocycles. The van der Waals surface area contributed by atoms with Crippen LogP contribution in [0.4, 0.5) is 10.1 Å². The lowest BCUT2D eigenvalue weighted by molar-refractivity contribution is 0.473. The van der Waals surface area contributed by atoms with Gasteiger partial charge in [-0.25, -0.2) is 12.8 Å². The monoisotopic (exact) mass is 321 g/mol. The zero-order valence-corrected chi connectivity index (χ0v) is 12.6. The van der Waals surface area contributed by atoms with Crippen molar-refractivity contribution in [1.82, 2.24) is 9.29 Å². The Kier molecular flexibility index (Phi) is 4.08. The van der Waals surface area contributed by atoms with E-state index in [2.05, 4.69) is 10.3 Å². The topological polar surface area (TPSA) is 62.3 Å². The van der Waals surface area contributed by atoms with Crippen LogP contribution in [-0.2, 0) is 10.0 Å². The second-order valence-electron chi connectivity index (χ2n) is 5.19. The summed E-state index contributed by atoms with van der Waals surface area (Å²) in [5.41, 5.74) is 0.859. The van der Waals surface area contributed by atoms with Crippen molar-refractivity contribution in [3.05, 3.63) is 54.6 Å². The molecule has 0 spiro atoms. The highest BCUT2D eigenvalue weighted by molar-refractivity contribution is 7.89. The van der Waals surface area contributed by atoms with Gasteiger partial charge in [-0.2, -0.15) is 4.31 Å². The lowest BCUT2D eigenvalue weighted by Crippen LogP contribution is -2.31. The van der Waals surface area contributed by atoms with Crippen LogP contribution < -0.4 is 5.32 Å². The highest BCUT2D eigenvalue weighted by atomic mass is 32.2. The van der Waals surface area contributed by atoms with Gasteiger partial charge in [0.25, 0.3) is 0 Å². The third kappa shape index (κ3) is 3.10. The van der Waals surface area contributed by atoms with Gasteiger partial charge in [-0.1, -0.05) is 6.07 Å². The Morgan fingerprint density at radius 1 is 1.27 bits per heavy atom. The molecule has 1 aromatic carbocycles. The number of hydrogen-bond acceptors (Lipinski definition) is 4. The van der Waals surface area contributed by atoms with Crippen molar-refractivity contribution in [1.29, 1.82) is 0 Å². The Morgan fingerprint density at radius 2 is 2.14 bits per heavy atom. The summed E-state index contributed by atoms with van der Waals surface area (Å²) in [6.07, 6.45) is 4.08. The fourth-order valence-corrected chi connectivity index (χ4v) is 4.06. The standard InChI is InChI=1S/C15H16FN3O2S/c16-12-3-1-5-15(9-12)22(20,21)19-8-6-14(11-19)18-13-4-2-7-17-10-13/h1-5,7,9-10,14,18H,6,8,11H2/t14-/m1/s1. The molecule has 0 bridgehead atoms. The van der Waals surface area contributed by atoms with E-state index in [4.69, 9.17) is 0 Å². The molecule has 1 fully saturated rings. The maximum Gasteiger partial charge on any atom is 0.243 e. The van der Waals surface area contributed by atoms with Crippen LogP contribution in [0.25, 0.3) is 0 Å². The summed E-state index contributed by atoms with van der Waals surface area (Å²) in [4.78, 5) is 4.01. The molecule has 3 rings (SSSR count). The van der Waals surface area contributed by atoms with Gasteiger partial charge in [0, 0.05) is 31.5 Å². The van der Waals surface area contributed by atoms with Crippen LogP contribution in [-0.4, -0.2) is 36.8 Å². The third-order valence-electron chi connectivity index (χ3n) is 3.62. The number of sulfonamides is 1. The molecule has 7 heteroatoms. The van der Waals surface area contributed by atoms with E-state index in [0.29, 0.717) is 19.5 Å². The van der Waals surface area contributed by atoms with Gasteiger partial charge in [-0.15, -0.1) is 0 Å². The quantitative estimate of drug-likeness (QED) is 0.937. The summed E-state index contributed by atoms with van der Waals surface area (Å²) < 4.78 is 39.6. The molecule has 116 valence electrons. The van der Waals surface area contributed by atoms with E-state index in [1.807, 2.05) is 12.1 Å². The summed E-state index contributed by atoms with van der Waals surface area (Å²) in [6, 6.07) is 8.83. The Morgan fingerprint density at radius 3 is 2.86 bits per heavy atom. The molecular weight excluding hydrogens is 305 g/mol. The van der Waals surface area contributed by atoms with Gasteiger partial charge >= 0.3 is 0 Å². The van der Waals surface area contributed by atoms with Crippen LogP contribution >= 0.6 is 0 Å². The second kappa shape index (κ2) is 6.02. The van der Waals surface area contributed by atoms with Gasteiger partial charge in [-0.3, -0.25) is 4.98 Å². The average Bonchev–Trinajstić information content (AvgIpc) is 2.97.